The second-order valence-corrected chi connectivity index (χ2v) is 5.48. The van der Waals surface area contributed by atoms with Gasteiger partial charge < -0.3 is 14.7 Å². The number of carbonyl (C=O) groups is 2. The quantitative estimate of drug-likeness (QED) is 0.914. The Bertz CT molecular complexity index is 772. The number of carboxylic acids is 1. The number of halogens is 1. The molecule has 1 saturated heterocycles. The zero-order valence-electron chi connectivity index (χ0n) is 13.0. The summed E-state index contributed by atoms with van der Waals surface area (Å²) < 4.78 is 19.7. The highest BCUT2D eigenvalue weighted by atomic mass is 19.1. The third-order valence-corrected chi connectivity index (χ3v) is 3.94. The van der Waals surface area contributed by atoms with Gasteiger partial charge in [0.15, 0.2) is 6.10 Å². The summed E-state index contributed by atoms with van der Waals surface area (Å²) in [6.45, 7) is 2.23. The Morgan fingerprint density at radius 2 is 2.04 bits per heavy atom. The summed E-state index contributed by atoms with van der Waals surface area (Å²) in [5.74, 6) is -1.74. The standard InChI is InChI=1S/C16H16FN3O4/c1-10-13(8-18-20(10)12-4-2-11(17)3-5-12)15(21)19-6-7-24-14(9-19)16(22)23/h2-5,8,14H,6-7,9H2,1H3,(H,22,23)/t14-/m1/s1. The second-order valence-electron chi connectivity index (χ2n) is 5.48. The van der Waals surface area contributed by atoms with Crippen LogP contribution in [0.5, 0.6) is 0 Å². The summed E-state index contributed by atoms with van der Waals surface area (Å²) in [5, 5.41) is 13.2. The van der Waals surface area contributed by atoms with Crippen LogP contribution in [0.3, 0.4) is 0 Å². The molecule has 1 aliphatic heterocycles. The van der Waals surface area contributed by atoms with E-state index < -0.39 is 12.1 Å². The predicted octanol–water partition coefficient (Wildman–Crippen LogP) is 1.25. The van der Waals surface area contributed by atoms with Crippen molar-refractivity contribution >= 4 is 11.9 Å². The number of nitrogens with zero attached hydrogens (tertiary/aromatic N) is 3. The third-order valence-electron chi connectivity index (χ3n) is 3.94. The van der Waals surface area contributed by atoms with Crippen LogP contribution in [0.2, 0.25) is 0 Å². The molecule has 8 heteroatoms. The number of hydrogen-bond donors (Lipinski definition) is 1. The van der Waals surface area contributed by atoms with E-state index in [1.165, 1.54) is 23.2 Å². The van der Waals surface area contributed by atoms with E-state index in [1.54, 1.807) is 23.7 Å². The number of morpholine rings is 1. The van der Waals surface area contributed by atoms with Crippen molar-refractivity contribution in [2.45, 2.75) is 13.0 Å². The van der Waals surface area contributed by atoms with Crippen molar-refractivity contribution in [3.05, 3.63) is 47.5 Å². The first kappa shape index (κ1) is 16.1. The number of aliphatic carboxylic acids is 1. The highest BCUT2D eigenvalue weighted by Gasteiger charge is 2.30. The van der Waals surface area contributed by atoms with Gasteiger partial charge in [-0.05, 0) is 31.2 Å². The Morgan fingerprint density at radius 1 is 1.33 bits per heavy atom. The number of carbonyl (C=O) groups excluding carboxylic acids is 1. The lowest BCUT2D eigenvalue weighted by molar-refractivity contribution is -0.154. The molecule has 3 rings (SSSR count). The molecule has 1 aromatic carbocycles. The van der Waals surface area contributed by atoms with Gasteiger partial charge in [0.1, 0.15) is 5.82 Å². The molecule has 2 heterocycles. The summed E-state index contributed by atoms with van der Waals surface area (Å²) in [5.41, 5.74) is 1.62. The van der Waals surface area contributed by atoms with Crippen molar-refractivity contribution in [3.63, 3.8) is 0 Å². The maximum absolute atomic E-state index is 13.0. The Labute approximate surface area is 137 Å². The topological polar surface area (TPSA) is 84.7 Å². The van der Waals surface area contributed by atoms with Crippen LogP contribution in [0, 0.1) is 12.7 Å². The molecule has 0 radical (unpaired) electrons. The number of rotatable bonds is 3. The van der Waals surface area contributed by atoms with E-state index in [4.69, 9.17) is 9.84 Å². The first-order valence-corrected chi connectivity index (χ1v) is 7.41. The molecule has 126 valence electrons. The minimum Gasteiger partial charge on any atom is -0.479 e. The van der Waals surface area contributed by atoms with Gasteiger partial charge in [-0.2, -0.15) is 5.10 Å². The SMILES string of the molecule is Cc1c(C(=O)N2CCO[C@@H](C(=O)O)C2)cnn1-c1ccc(F)cc1. The maximum Gasteiger partial charge on any atom is 0.334 e. The predicted molar refractivity (Wildman–Crippen MR) is 81.5 cm³/mol. The molecule has 1 amide bonds. The van der Waals surface area contributed by atoms with E-state index in [0.717, 1.165) is 0 Å². The molecule has 0 unspecified atom stereocenters. The van der Waals surface area contributed by atoms with Crippen LogP contribution in [-0.2, 0) is 9.53 Å². The number of aromatic nitrogens is 2. The fourth-order valence-corrected chi connectivity index (χ4v) is 2.62. The van der Waals surface area contributed by atoms with E-state index in [1.807, 2.05) is 0 Å². The molecule has 1 N–H and O–H groups in total. The van der Waals surface area contributed by atoms with Gasteiger partial charge in [0.05, 0.1) is 36.3 Å². The Balaban J connectivity index is 1.83. The lowest BCUT2D eigenvalue weighted by Crippen LogP contribution is -2.48. The molecule has 1 atom stereocenters. The highest BCUT2D eigenvalue weighted by Crippen LogP contribution is 2.18. The second kappa shape index (κ2) is 6.40. The fourth-order valence-electron chi connectivity index (χ4n) is 2.62. The molecule has 7 nitrogen and oxygen atoms in total. The Hall–Kier alpha value is -2.74. The lowest BCUT2D eigenvalue weighted by Gasteiger charge is -2.30. The first-order valence-electron chi connectivity index (χ1n) is 7.41. The molecule has 0 aliphatic carbocycles. The summed E-state index contributed by atoms with van der Waals surface area (Å²) in [4.78, 5) is 25.1. The van der Waals surface area contributed by atoms with Crippen LogP contribution in [-0.4, -0.2) is 57.5 Å². The molecule has 1 aliphatic rings. The van der Waals surface area contributed by atoms with Gasteiger partial charge in [-0.25, -0.2) is 13.9 Å². The van der Waals surface area contributed by atoms with Crippen LogP contribution in [0.15, 0.2) is 30.5 Å². The molecule has 2 aromatic rings. The van der Waals surface area contributed by atoms with Crippen molar-refractivity contribution < 1.29 is 23.8 Å². The molecule has 24 heavy (non-hydrogen) atoms. The van der Waals surface area contributed by atoms with Crippen molar-refractivity contribution in [2.75, 3.05) is 19.7 Å². The van der Waals surface area contributed by atoms with Gasteiger partial charge in [0.2, 0.25) is 0 Å². The molecule has 0 saturated carbocycles. The number of hydrogen-bond acceptors (Lipinski definition) is 4. The number of ether oxygens (including phenoxy) is 1. The lowest BCUT2D eigenvalue weighted by atomic mass is 10.2. The van der Waals surface area contributed by atoms with Gasteiger partial charge in [-0.3, -0.25) is 4.79 Å². The van der Waals surface area contributed by atoms with Crippen LogP contribution in [0.1, 0.15) is 16.1 Å². The third kappa shape index (κ3) is 3.00. The van der Waals surface area contributed by atoms with E-state index in [9.17, 15) is 14.0 Å². The van der Waals surface area contributed by atoms with Gasteiger partial charge >= 0.3 is 5.97 Å². The van der Waals surface area contributed by atoms with Crippen LogP contribution < -0.4 is 0 Å². The van der Waals surface area contributed by atoms with Crippen LogP contribution in [0.4, 0.5) is 4.39 Å². The number of amides is 1. The van der Waals surface area contributed by atoms with Gasteiger partial charge in [0, 0.05) is 6.54 Å². The van der Waals surface area contributed by atoms with E-state index in [2.05, 4.69) is 5.10 Å². The first-order chi connectivity index (χ1) is 11.5. The van der Waals surface area contributed by atoms with Crippen molar-refractivity contribution in [1.29, 1.82) is 0 Å². The summed E-state index contributed by atoms with van der Waals surface area (Å²) in [6.07, 6.45) is 0.418. The monoisotopic (exact) mass is 333 g/mol. The van der Waals surface area contributed by atoms with Crippen LogP contribution in [0.25, 0.3) is 5.69 Å². The average molecular weight is 333 g/mol. The van der Waals surface area contributed by atoms with Gasteiger partial charge in [0.25, 0.3) is 5.91 Å². The highest BCUT2D eigenvalue weighted by molar-refractivity contribution is 5.95. The minimum absolute atomic E-state index is 0.00463. The largest absolute Gasteiger partial charge is 0.479 e. The van der Waals surface area contributed by atoms with Gasteiger partial charge in [-0.1, -0.05) is 0 Å². The van der Waals surface area contributed by atoms with Crippen molar-refractivity contribution in [1.82, 2.24) is 14.7 Å². The zero-order chi connectivity index (χ0) is 17.3. The molecule has 0 bridgehead atoms. The molecule has 0 spiro atoms. The zero-order valence-corrected chi connectivity index (χ0v) is 13.0. The van der Waals surface area contributed by atoms with Crippen molar-refractivity contribution in [3.8, 4) is 5.69 Å². The maximum atomic E-state index is 13.0. The summed E-state index contributed by atoms with van der Waals surface area (Å²) in [6, 6.07) is 5.77. The van der Waals surface area contributed by atoms with Gasteiger partial charge in [-0.15, -0.1) is 0 Å². The Morgan fingerprint density at radius 3 is 2.71 bits per heavy atom. The average Bonchev–Trinajstić information content (AvgIpc) is 2.96. The minimum atomic E-state index is -1.09. The smallest absolute Gasteiger partial charge is 0.334 e. The molecular weight excluding hydrogens is 317 g/mol. The van der Waals surface area contributed by atoms with E-state index >= 15 is 0 Å². The Kier molecular flexibility index (Phi) is 4.30. The normalized spacial score (nSPS) is 17.8. The number of benzene rings is 1. The molecule has 1 aromatic heterocycles. The van der Waals surface area contributed by atoms with Crippen molar-refractivity contribution in [2.24, 2.45) is 0 Å². The molecule has 1 fully saturated rings. The number of carboxylic acid groups (broad SMARTS) is 1. The fraction of sp³-hybridized carbons (Fsp3) is 0.312. The van der Waals surface area contributed by atoms with E-state index in [0.29, 0.717) is 23.5 Å². The van der Waals surface area contributed by atoms with E-state index in [-0.39, 0.29) is 24.9 Å². The molecular formula is C16H16FN3O4. The summed E-state index contributed by atoms with van der Waals surface area (Å²) >= 11 is 0. The summed E-state index contributed by atoms with van der Waals surface area (Å²) in [7, 11) is 0. The van der Waals surface area contributed by atoms with Crippen LogP contribution >= 0.6 is 0 Å².